The molecule has 0 aromatic carbocycles. The Kier molecular flexibility index (Phi) is 3.16. The van der Waals surface area contributed by atoms with Crippen molar-refractivity contribution in [2.45, 2.75) is 26.7 Å². The highest BCUT2D eigenvalue weighted by molar-refractivity contribution is 7.70. The van der Waals surface area contributed by atoms with Gasteiger partial charge in [0.1, 0.15) is 12.6 Å². The molecule has 0 spiro atoms. The summed E-state index contributed by atoms with van der Waals surface area (Å²) in [5.41, 5.74) is 3.02. The van der Waals surface area contributed by atoms with E-state index in [1.807, 2.05) is 13.1 Å². The summed E-state index contributed by atoms with van der Waals surface area (Å²) >= 11 is 0. The van der Waals surface area contributed by atoms with Crippen molar-refractivity contribution in [3.63, 3.8) is 0 Å². The summed E-state index contributed by atoms with van der Waals surface area (Å²) in [7, 11) is -2.22. The van der Waals surface area contributed by atoms with Crippen LogP contribution in [0.5, 0.6) is 0 Å². The van der Waals surface area contributed by atoms with Crippen LogP contribution in [0.3, 0.4) is 0 Å². The molecule has 78 valence electrons. The maximum Gasteiger partial charge on any atom is 0.127 e. The molecule has 0 aliphatic carbocycles. The molecule has 0 saturated carbocycles. The molecule has 0 saturated heterocycles. The van der Waals surface area contributed by atoms with E-state index in [0.29, 0.717) is 5.92 Å². The topological polar surface area (TPSA) is 30.0 Å². The van der Waals surface area contributed by atoms with Gasteiger partial charge < -0.3 is 4.57 Å². The van der Waals surface area contributed by atoms with E-state index >= 15 is 0 Å². The quantitative estimate of drug-likeness (QED) is 0.704. The van der Waals surface area contributed by atoms with E-state index < -0.39 is 7.14 Å². The molecule has 0 unspecified atom stereocenters. The fraction of sp³-hybridized carbons (Fsp3) is 0.545. The van der Waals surface area contributed by atoms with Crippen molar-refractivity contribution < 1.29 is 4.57 Å². The maximum atomic E-state index is 11.9. The lowest BCUT2D eigenvalue weighted by molar-refractivity contribution is 0.587. The lowest BCUT2D eigenvalue weighted by atomic mass is 10.0. The van der Waals surface area contributed by atoms with Crippen molar-refractivity contribution >= 4 is 12.6 Å². The van der Waals surface area contributed by atoms with Crippen LogP contribution in [-0.2, 0) is 4.57 Å². The molecular weight excluding hydrogens is 193 g/mol. The van der Waals surface area contributed by atoms with E-state index in [-0.39, 0.29) is 0 Å². The minimum Gasteiger partial charge on any atom is -0.318 e. The third-order valence-electron chi connectivity index (χ3n) is 2.25. The highest BCUT2D eigenvalue weighted by Gasteiger charge is 2.16. The molecule has 14 heavy (non-hydrogen) atoms. The van der Waals surface area contributed by atoms with Gasteiger partial charge in [-0.25, -0.2) is 0 Å². The predicted octanol–water partition coefficient (Wildman–Crippen LogP) is 2.76. The first kappa shape index (κ1) is 11.5. The molecule has 0 aliphatic rings. The Morgan fingerprint density at radius 1 is 1.36 bits per heavy atom. The van der Waals surface area contributed by atoms with Crippen LogP contribution < -0.4 is 5.44 Å². The zero-order chi connectivity index (χ0) is 10.9. The van der Waals surface area contributed by atoms with Crippen molar-refractivity contribution in [1.29, 1.82) is 0 Å². The Morgan fingerprint density at radius 2 is 1.93 bits per heavy atom. The number of hydrogen-bond acceptors (Lipinski definition) is 2. The van der Waals surface area contributed by atoms with Gasteiger partial charge in [0.05, 0.1) is 0 Å². The van der Waals surface area contributed by atoms with Gasteiger partial charge in [-0.1, -0.05) is 19.9 Å². The van der Waals surface area contributed by atoms with E-state index in [2.05, 4.69) is 24.9 Å². The molecule has 0 atom stereocenters. The Morgan fingerprint density at radius 3 is 2.29 bits per heavy atom. The first-order valence-corrected chi connectivity index (χ1v) is 7.44. The smallest absolute Gasteiger partial charge is 0.127 e. The number of hydrogen-bond donors (Lipinski definition) is 0. The van der Waals surface area contributed by atoms with Crippen LogP contribution in [0.15, 0.2) is 12.3 Å². The van der Waals surface area contributed by atoms with Gasteiger partial charge in [-0.3, -0.25) is 4.98 Å². The molecule has 0 radical (unpaired) electrons. The van der Waals surface area contributed by atoms with E-state index in [4.69, 9.17) is 0 Å². The van der Waals surface area contributed by atoms with Gasteiger partial charge in [0, 0.05) is 6.20 Å². The van der Waals surface area contributed by atoms with Crippen molar-refractivity contribution in [2.24, 2.45) is 0 Å². The lowest BCUT2D eigenvalue weighted by Crippen LogP contribution is -2.13. The monoisotopic (exact) mass is 211 g/mol. The highest BCUT2D eigenvalue weighted by atomic mass is 31.2. The second-order valence-electron chi connectivity index (χ2n) is 4.41. The fourth-order valence-electron chi connectivity index (χ4n) is 1.47. The highest BCUT2D eigenvalue weighted by Crippen LogP contribution is 2.35. The summed E-state index contributed by atoms with van der Waals surface area (Å²) in [5, 5.41) is 0. The second kappa shape index (κ2) is 3.86. The average Bonchev–Trinajstić information content (AvgIpc) is 2.01. The van der Waals surface area contributed by atoms with Crippen LogP contribution in [-0.4, -0.2) is 18.3 Å². The third-order valence-corrected chi connectivity index (χ3v) is 3.74. The number of rotatable bonds is 2. The molecule has 1 heterocycles. The number of pyridine rings is 1. The number of nitrogens with zero attached hydrogens (tertiary/aromatic N) is 1. The van der Waals surface area contributed by atoms with E-state index in [1.165, 1.54) is 5.56 Å². The molecular formula is C11H18NOP. The lowest BCUT2D eigenvalue weighted by Gasteiger charge is -2.12. The van der Waals surface area contributed by atoms with Crippen molar-refractivity contribution in [2.75, 3.05) is 13.3 Å². The Bertz CT molecular complexity index is 379. The minimum absolute atomic E-state index is 0.475. The minimum atomic E-state index is -2.22. The van der Waals surface area contributed by atoms with Gasteiger partial charge in [0.15, 0.2) is 0 Å². The molecule has 3 heteroatoms. The third kappa shape index (κ3) is 2.45. The predicted molar refractivity (Wildman–Crippen MR) is 62.2 cm³/mol. The van der Waals surface area contributed by atoms with Crippen molar-refractivity contribution in [3.05, 3.63) is 23.4 Å². The summed E-state index contributed by atoms with van der Waals surface area (Å²) in [6, 6.07) is 2.09. The molecule has 0 aliphatic heterocycles. The van der Waals surface area contributed by atoms with Gasteiger partial charge in [-0.15, -0.1) is 0 Å². The molecule has 0 N–H and O–H groups in total. The maximum absolute atomic E-state index is 11.9. The van der Waals surface area contributed by atoms with Crippen LogP contribution >= 0.6 is 7.14 Å². The van der Waals surface area contributed by atoms with E-state index in [1.54, 1.807) is 13.3 Å². The Labute approximate surface area is 86.1 Å². The van der Waals surface area contributed by atoms with Gasteiger partial charge in [0.25, 0.3) is 0 Å². The van der Waals surface area contributed by atoms with Crippen LogP contribution in [0.2, 0.25) is 0 Å². The standard InChI is InChI=1S/C11H18NOP/c1-8(2)10-6-9(3)11(12-7-10)14(4,5)13/h6-8H,1-5H3. The molecule has 1 aromatic heterocycles. The van der Waals surface area contributed by atoms with Crippen LogP contribution in [0.4, 0.5) is 0 Å². The second-order valence-corrected chi connectivity index (χ2v) is 7.54. The van der Waals surface area contributed by atoms with Crippen molar-refractivity contribution in [3.8, 4) is 0 Å². The zero-order valence-corrected chi connectivity index (χ0v) is 10.4. The van der Waals surface area contributed by atoms with Gasteiger partial charge >= 0.3 is 0 Å². The fourth-order valence-corrected chi connectivity index (χ4v) is 2.72. The average molecular weight is 211 g/mol. The molecule has 0 fully saturated rings. The van der Waals surface area contributed by atoms with E-state index in [0.717, 1.165) is 11.0 Å². The zero-order valence-electron chi connectivity index (χ0n) is 9.53. The Balaban J connectivity index is 3.21. The van der Waals surface area contributed by atoms with Gasteiger partial charge in [-0.2, -0.15) is 0 Å². The normalized spacial score (nSPS) is 12.1. The molecule has 0 bridgehead atoms. The summed E-state index contributed by atoms with van der Waals surface area (Å²) in [4.78, 5) is 4.31. The van der Waals surface area contributed by atoms with Gasteiger partial charge in [-0.05, 0) is 37.3 Å². The summed E-state index contributed by atoms with van der Waals surface area (Å²) in [5.74, 6) is 0.475. The number of aryl methyl sites for hydroxylation is 1. The number of aromatic nitrogens is 1. The summed E-state index contributed by atoms with van der Waals surface area (Å²) < 4.78 is 11.9. The summed E-state index contributed by atoms with van der Waals surface area (Å²) in [6.07, 6.45) is 1.84. The van der Waals surface area contributed by atoms with Crippen LogP contribution in [0.1, 0.15) is 30.9 Å². The largest absolute Gasteiger partial charge is 0.318 e. The molecule has 1 rings (SSSR count). The SMILES string of the molecule is Cc1cc(C(C)C)cnc1P(C)(C)=O. The Hall–Kier alpha value is -0.620. The molecule has 2 nitrogen and oxygen atoms in total. The van der Waals surface area contributed by atoms with Gasteiger partial charge in [0.2, 0.25) is 0 Å². The van der Waals surface area contributed by atoms with Crippen LogP contribution in [0, 0.1) is 6.92 Å². The van der Waals surface area contributed by atoms with Crippen LogP contribution in [0.25, 0.3) is 0 Å². The first-order valence-electron chi connectivity index (χ1n) is 4.84. The van der Waals surface area contributed by atoms with E-state index in [9.17, 15) is 4.57 Å². The molecule has 1 aromatic rings. The van der Waals surface area contributed by atoms with Crippen molar-refractivity contribution in [1.82, 2.24) is 4.98 Å². The molecule has 0 amide bonds. The summed E-state index contributed by atoms with van der Waals surface area (Å²) in [6.45, 7) is 9.77. The first-order chi connectivity index (χ1) is 6.32.